The fraction of sp³-hybridized carbons (Fsp3) is 0.556. The third-order valence-electron chi connectivity index (χ3n) is 6.67. The van der Waals surface area contributed by atoms with Crippen LogP contribution < -0.4 is 16.1 Å². The largest absolute Gasteiger partial charge is 0.491 e. The van der Waals surface area contributed by atoms with E-state index in [0.29, 0.717) is 18.6 Å². The summed E-state index contributed by atoms with van der Waals surface area (Å²) in [4.78, 5) is 0. The Bertz CT molecular complexity index is 814. The van der Waals surface area contributed by atoms with Gasteiger partial charge in [0.15, 0.2) is 0 Å². The third kappa shape index (κ3) is 8.92. The summed E-state index contributed by atoms with van der Waals surface area (Å²) in [7, 11) is -3.10. The molecule has 2 aromatic rings. The van der Waals surface area contributed by atoms with Crippen molar-refractivity contribution in [1.29, 1.82) is 0 Å². The highest BCUT2D eigenvalue weighted by molar-refractivity contribution is 7.00. The van der Waals surface area contributed by atoms with Crippen molar-refractivity contribution >= 4 is 36.5 Å². The van der Waals surface area contributed by atoms with Crippen molar-refractivity contribution in [3.63, 3.8) is 0 Å². The number of nitrogens with two attached hydrogens (primary N) is 1. The van der Waals surface area contributed by atoms with E-state index in [-0.39, 0.29) is 0 Å². The topological polar surface area (TPSA) is 81.4 Å². The molecule has 0 aliphatic carbocycles. The first-order valence-corrected chi connectivity index (χ1v) is 19.1. The predicted octanol–water partition coefficient (Wildman–Crippen LogP) is 4.45. The van der Waals surface area contributed by atoms with E-state index in [9.17, 15) is 0 Å². The predicted molar refractivity (Wildman–Crippen MR) is 156 cm³/mol. The summed E-state index contributed by atoms with van der Waals surface area (Å²) in [6.07, 6.45) is 7.74. The van der Waals surface area contributed by atoms with Crippen LogP contribution in [-0.4, -0.2) is 61.2 Å². The molecule has 0 aromatic heterocycles. The fourth-order valence-electron chi connectivity index (χ4n) is 4.46. The van der Waals surface area contributed by atoms with Crippen LogP contribution >= 0.6 is 0 Å². The van der Waals surface area contributed by atoms with Gasteiger partial charge in [-0.05, 0) is 29.8 Å². The molecule has 0 bridgehead atoms. The lowest BCUT2D eigenvalue weighted by Crippen LogP contribution is -2.73. The van der Waals surface area contributed by atoms with E-state index in [1.54, 1.807) is 28.4 Å². The standard InChI is InChI=1S/C27H47NO6Si3/c1-6-7-8-9-10-17-24-35(29-2,30-3)33-37(26-19-13-11-14-20-26,27-21-15-12-16-22-27)34-36(31-4,32-5)25-18-23-28/h11-16,19-22H,6-10,17-18,23-25,28H2,1-5H3. The lowest BCUT2D eigenvalue weighted by atomic mass is 10.1. The second-order valence-electron chi connectivity index (χ2n) is 9.15. The maximum absolute atomic E-state index is 7.22. The fourth-order valence-corrected chi connectivity index (χ4v) is 16.6. The second-order valence-corrected chi connectivity index (χ2v) is 18.5. The lowest BCUT2D eigenvalue weighted by molar-refractivity contribution is 0.120. The Kier molecular flexibility index (Phi) is 14.5. The average molecular weight is 566 g/mol. The molecule has 0 spiro atoms. The van der Waals surface area contributed by atoms with Crippen LogP contribution in [0, 0.1) is 0 Å². The molecule has 0 saturated heterocycles. The van der Waals surface area contributed by atoms with Crippen LogP contribution in [0.15, 0.2) is 60.7 Å². The molecule has 37 heavy (non-hydrogen) atoms. The number of unbranched alkanes of at least 4 members (excludes halogenated alkanes) is 5. The molecular weight excluding hydrogens is 519 g/mol. The van der Waals surface area contributed by atoms with E-state index < -0.39 is 26.2 Å². The van der Waals surface area contributed by atoms with Gasteiger partial charge in [-0.15, -0.1) is 0 Å². The summed E-state index contributed by atoms with van der Waals surface area (Å²) in [6, 6.07) is 21.5. The minimum atomic E-state index is -3.45. The molecule has 2 rings (SSSR count). The van der Waals surface area contributed by atoms with Crippen molar-refractivity contribution < 1.29 is 25.9 Å². The first kappa shape index (κ1) is 32.0. The molecule has 0 amide bonds. The Labute approximate surface area is 227 Å². The summed E-state index contributed by atoms with van der Waals surface area (Å²) >= 11 is 0. The number of hydrogen-bond donors (Lipinski definition) is 1. The van der Waals surface area contributed by atoms with Gasteiger partial charge in [0, 0.05) is 40.5 Å². The Morgan fingerprint density at radius 1 is 0.568 bits per heavy atom. The van der Waals surface area contributed by atoms with E-state index in [1.165, 1.54) is 25.7 Å². The molecule has 10 heteroatoms. The summed E-state index contributed by atoms with van der Waals surface area (Å²) in [5.74, 6) is 0. The summed E-state index contributed by atoms with van der Waals surface area (Å²) in [5, 5.41) is 1.91. The van der Waals surface area contributed by atoms with E-state index in [2.05, 4.69) is 31.2 Å². The van der Waals surface area contributed by atoms with Gasteiger partial charge < -0.3 is 31.7 Å². The van der Waals surface area contributed by atoms with Gasteiger partial charge in [0.25, 0.3) is 0 Å². The maximum atomic E-state index is 7.22. The SMILES string of the molecule is CCCCCCCC[Si](OC)(OC)O[Si](O[Si](CCCN)(OC)OC)(c1ccccc1)c1ccccc1. The van der Waals surface area contributed by atoms with Crippen LogP contribution in [-0.2, 0) is 25.9 Å². The molecule has 0 fully saturated rings. The van der Waals surface area contributed by atoms with Gasteiger partial charge in [0.05, 0.1) is 0 Å². The molecule has 208 valence electrons. The molecule has 0 atom stereocenters. The molecule has 0 aliphatic heterocycles. The zero-order valence-corrected chi connectivity index (χ0v) is 26.4. The van der Waals surface area contributed by atoms with Crippen molar-refractivity contribution in [2.75, 3.05) is 35.0 Å². The van der Waals surface area contributed by atoms with Crippen molar-refractivity contribution in [1.82, 2.24) is 0 Å². The quantitative estimate of drug-likeness (QED) is 0.188. The van der Waals surface area contributed by atoms with Crippen molar-refractivity contribution in [2.45, 2.75) is 64.0 Å². The molecule has 0 heterocycles. The van der Waals surface area contributed by atoms with Crippen molar-refractivity contribution in [3.05, 3.63) is 60.7 Å². The third-order valence-corrected chi connectivity index (χ3v) is 18.1. The Morgan fingerprint density at radius 3 is 1.38 bits per heavy atom. The molecule has 0 saturated carbocycles. The highest BCUT2D eigenvalue weighted by Gasteiger charge is 2.58. The lowest BCUT2D eigenvalue weighted by Gasteiger charge is -2.43. The zero-order chi connectivity index (χ0) is 27.0. The molecule has 2 N–H and O–H groups in total. The van der Waals surface area contributed by atoms with Crippen LogP contribution in [0.25, 0.3) is 0 Å². The van der Waals surface area contributed by atoms with Crippen LogP contribution in [0.5, 0.6) is 0 Å². The van der Waals surface area contributed by atoms with Crippen LogP contribution in [0.4, 0.5) is 0 Å². The van der Waals surface area contributed by atoms with Crippen molar-refractivity contribution in [2.24, 2.45) is 5.73 Å². The van der Waals surface area contributed by atoms with Gasteiger partial charge in [-0.25, -0.2) is 0 Å². The maximum Gasteiger partial charge on any atom is 0.491 e. The van der Waals surface area contributed by atoms with Gasteiger partial charge in [-0.1, -0.05) is 99.7 Å². The zero-order valence-electron chi connectivity index (χ0n) is 23.4. The smallest absolute Gasteiger partial charge is 0.387 e. The highest BCUT2D eigenvalue weighted by atomic mass is 28.5. The van der Waals surface area contributed by atoms with E-state index in [4.69, 9.17) is 31.7 Å². The number of hydrogen-bond acceptors (Lipinski definition) is 7. The Morgan fingerprint density at radius 2 is 0.973 bits per heavy atom. The number of benzene rings is 2. The minimum absolute atomic E-state index is 0.518. The van der Waals surface area contributed by atoms with E-state index in [0.717, 1.165) is 29.6 Å². The Hall–Kier alpha value is -1.19. The first-order chi connectivity index (χ1) is 18.0. The van der Waals surface area contributed by atoms with Gasteiger partial charge >= 0.3 is 26.2 Å². The molecule has 0 radical (unpaired) electrons. The van der Waals surface area contributed by atoms with Gasteiger partial charge in [0.1, 0.15) is 0 Å². The summed E-state index contributed by atoms with van der Waals surface area (Å²) in [5.41, 5.74) is 5.88. The van der Waals surface area contributed by atoms with E-state index >= 15 is 0 Å². The summed E-state index contributed by atoms with van der Waals surface area (Å²) in [6.45, 7) is 2.75. The highest BCUT2D eigenvalue weighted by Crippen LogP contribution is 2.29. The first-order valence-electron chi connectivity index (χ1n) is 13.4. The van der Waals surface area contributed by atoms with Crippen LogP contribution in [0.1, 0.15) is 51.9 Å². The summed E-state index contributed by atoms with van der Waals surface area (Å²) < 4.78 is 38.7. The number of rotatable bonds is 20. The van der Waals surface area contributed by atoms with E-state index in [1.807, 2.05) is 36.4 Å². The van der Waals surface area contributed by atoms with Crippen LogP contribution in [0.2, 0.25) is 12.1 Å². The monoisotopic (exact) mass is 565 g/mol. The minimum Gasteiger partial charge on any atom is -0.387 e. The second kappa shape index (κ2) is 16.7. The van der Waals surface area contributed by atoms with Gasteiger partial charge in [0.2, 0.25) is 0 Å². The van der Waals surface area contributed by atoms with Crippen LogP contribution in [0.3, 0.4) is 0 Å². The molecular formula is C27H47NO6Si3. The van der Waals surface area contributed by atoms with Crippen molar-refractivity contribution in [3.8, 4) is 0 Å². The normalized spacial score (nSPS) is 12.7. The van der Waals surface area contributed by atoms with Gasteiger partial charge in [-0.3, -0.25) is 0 Å². The molecule has 7 nitrogen and oxygen atoms in total. The molecule has 0 aliphatic rings. The molecule has 2 aromatic carbocycles. The average Bonchev–Trinajstić information content (AvgIpc) is 2.97. The Balaban J connectivity index is 2.58. The molecule has 0 unspecified atom stereocenters. The van der Waals surface area contributed by atoms with Gasteiger partial charge in [-0.2, -0.15) is 0 Å².